The molecule has 0 aliphatic heterocycles. The van der Waals surface area contributed by atoms with Crippen molar-refractivity contribution in [3.05, 3.63) is 53.0 Å². The van der Waals surface area contributed by atoms with Crippen molar-refractivity contribution in [3.63, 3.8) is 0 Å². The summed E-state index contributed by atoms with van der Waals surface area (Å²) in [5, 5.41) is 3.14. The van der Waals surface area contributed by atoms with Gasteiger partial charge in [-0.3, -0.25) is 4.57 Å². The molecule has 0 atom stereocenters. The van der Waals surface area contributed by atoms with Crippen LogP contribution in [-0.2, 0) is 0 Å². The lowest BCUT2D eigenvalue weighted by atomic mass is 10.3. The van der Waals surface area contributed by atoms with Gasteiger partial charge in [0, 0.05) is 18.4 Å². The average molecular weight is 310 g/mol. The highest BCUT2D eigenvalue weighted by atomic mass is 79.9. The van der Waals surface area contributed by atoms with Crippen LogP contribution in [0.3, 0.4) is 0 Å². The summed E-state index contributed by atoms with van der Waals surface area (Å²) in [4.78, 5) is 4.37. The zero-order chi connectivity index (χ0) is 13.1. The van der Waals surface area contributed by atoms with Gasteiger partial charge < -0.3 is 5.32 Å². The van der Waals surface area contributed by atoms with E-state index in [4.69, 9.17) is 0 Å². The van der Waals surface area contributed by atoms with Crippen LogP contribution in [-0.4, -0.2) is 16.1 Å². The number of aryl methyl sites for hydroxylation is 1. The van der Waals surface area contributed by atoms with E-state index in [2.05, 4.69) is 32.8 Å². The van der Waals surface area contributed by atoms with Crippen LogP contribution in [0.15, 0.2) is 41.5 Å². The molecule has 0 fully saturated rings. The van der Waals surface area contributed by atoms with Gasteiger partial charge in [0.1, 0.15) is 5.82 Å². The maximum atomic E-state index is 13.2. The van der Waals surface area contributed by atoms with Gasteiger partial charge in [0.15, 0.2) is 0 Å². The summed E-state index contributed by atoms with van der Waals surface area (Å²) < 4.78 is 15.5. The topological polar surface area (TPSA) is 29.9 Å². The Hall–Kier alpha value is -1.62. The van der Waals surface area contributed by atoms with E-state index in [0.29, 0.717) is 17.0 Å². The lowest BCUT2D eigenvalue weighted by molar-refractivity contribution is 0.620. The first-order valence-electron chi connectivity index (χ1n) is 5.48. The first-order chi connectivity index (χ1) is 8.61. The molecule has 0 spiro atoms. The van der Waals surface area contributed by atoms with Crippen LogP contribution in [0.5, 0.6) is 0 Å². The van der Waals surface area contributed by atoms with Crippen molar-refractivity contribution in [1.29, 1.82) is 0 Å². The summed E-state index contributed by atoms with van der Waals surface area (Å²) in [5.74, 6) is 0.432. The molecule has 1 N–H and O–H groups in total. The van der Waals surface area contributed by atoms with Crippen molar-refractivity contribution in [3.8, 4) is 5.69 Å². The van der Waals surface area contributed by atoms with E-state index in [1.807, 2.05) is 17.7 Å². The average Bonchev–Trinajstić information content (AvgIpc) is 2.71. The van der Waals surface area contributed by atoms with Crippen molar-refractivity contribution >= 4 is 21.9 Å². The Labute approximate surface area is 113 Å². The highest BCUT2D eigenvalue weighted by Gasteiger charge is 2.08. The van der Waals surface area contributed by atoms with Crippen LogP contribution >= 0.6 is 15.9 Å². The molecule has 0 saturated carbocycles. The van der Waals surface area contributed by atoms with Gasteiger partial charge >= 0.3 is 0 Å². The Bertz CT molecular complexity index is 578. The van der Waals surface area contributed by atoms with Crippen LogP contribution in [0.25, 0.3) is 5.69 Å². The quantitative estimate of drug-likeness (QED) is 0.873. The van der Waals surface area contributed by atoms with Gasteiger partial charge in [-0.25, -0.2) is 9.37 Å². The molecule has 18 heavy (non-hydrogen) atoms. The molecule has 1 aromatic carbocycles. The molecule has 0 aliphatic carbocycles. The zero-order valence-corrected chi connectivity index (χ0v) is 11.5. The molecular weight excluding hydrogens is 297 g/mol. The second kappa shape index (κ2) is 5.35. The number of nitrogens with zero attached hydrogens (tertiary/aromatic N) is 2. The number of rotatable bonds is 4. The Morgan fingerprint density at radius 3 is 3.00 bits per heavy atom. The fourth-order valence-electron chi connectivity index (χ4n) is 1.62. The molecule has 0 radical (unpaired) electrons. The molecule has 1 heterocycles. The molecule has 0 bridgehead atoms. The van der Waals surface area contributed by atoms with Crippen LogP contribution in [0, 0.1) is 12.7 Å². The molecule has 0 aliphatic rings. The normalized spacial score (nSPS) is 10.4. The van der Waals surface area contributed by atoms with E-state index in [1.165, 1.54) is 6.07 Å². The van der Waals surface area contributed by atoms with Crippen LogP contribution in [0.4, 0.5) is 10.3 Å². The molecular formula is C13H13BrFN3. The van der Waals surface area contributed by atoms with E-state index in [1.54, 1.807) is 18.2 Å². The summed E-state index contributed by atoms with van der Waals surface area (Å²) in [5.41, 5.74) is 1.73. The molecule has 3 nitrogen and oxygen atoms in total. The predicted octanol–water partition coefficient (Wildman–Crippen LogP) is 3.68. The minimum atomic E-state index is -0.281. The highest BCUT2D eigenvalue weighted by Crippen LogP contribution is 2.22. The maximum absolute atomic E-state index is 13.2. The summed E-state index contributed by atoms with van der Waals surface area (Å²) in [6, 6.07) is 4.85. The zero-order valence-electron chi connectivity index (χ0n) is 9.95. The lowest BCUT2D eigenvalue weighted by Gasteiger charge is -2.09. The monoisotopic (exact) mass is 309 g/mol. The maximum Gasteiger partial charge on any atom is 0.207 e. The van der Waals surface area contributed by atoms with Crippen LogP contribution < -0.4 is 5.32 Å². The molecule has 94 valence electrons. The minimum Gasteiger partial charge on any atom is -0.352 e. The fraction of sp³-hybridized carbons (Fsp3) is 0.154. The largest absolute Gasteiger partial charge is 0.352 e. The van der Waals surface area contributed by atoms with Crippen molar-refractivity contribution in [2.45, 2.75) is 6.92 Å². The van der Waals surface area contributed by atoms with Crippen molar-refractivity contribution in [2.75, 3.05) is 11.9 Å². The number of imidazole rings is 1. The van der Waals surface area contributed by atoms with Gasteiger partial charge in [-0.15, -0.1) is 6.58 Å². The standard InChI is InChI=1S/C13H13BrFN3/c1-3-6-16-13-17-9(2)8-18(13)10-4-5-12(15)11(14)7-10/h3-5,7-8H,1,6H2,2H3,(H,16,17). The Kier molecular flexibility index (Phi) is 3.81. The third-order valence-electron chi connectivity index (χ3n) is 2.41. The number of benzene rings is 1. The summed E-state index contributed by atoms with van der Waals surface area (Å²) in [6.07, 6.45) is 3.65. The lowest BCUT2D eigenvalue weighted by Crippen LogP contribution is -2.05. The Balaban J connectivity index is 2.42. The van der Waals surface area contributed by atoms with Gasteiger partial charge in [-0.05, 0) is 41.1 Å². The van der Waals surface area contributed by atoms with Crippen molar-refractivity contribution in [2.24, 2.45) is 0 Å². The Morgan fingerprint density at radius 1 is 1.56 bits per heavy atom. The summed E-state index contributed by atoms with van der Waals surface area (Å²) >= 11 is 3.18. The second-order valence-electron chi connectivity index (χ2n) is 3.84. The van der Waals surface area contributed by atoms with Gasteiger partial charge in [0.2, 0.25) is 5.95 Å². The van der Waals surface area contributed by atoms with Gasteiger partial charge in [0.25, 0.3) is 0 Å². The van der Waals surface area contributed by atoms with E-state index < -0.39 is 0 Å². The van der Waals surface area contributed by atoms with Crippen LogP contribution in [0.2, 0.25) is 0 Å². The second-order valence-corrected chi connectivity index (χ2v) is 4.70. The molecule has 2 aromatic rings. The number of aromatic nitrogens is 2. The third-order valence-corrected chi connectivity index (χ3v) is 3.02. The van der Waals surface area contributed by atoms with E-state index in [-0.39, 0.29) is 5.82 Å². The number of anilines is 1. The van der Waals surface area contributed by atoms with Crippen LogP contribution in [0.1, 0.15) is 5.69 Å². The molecule has 0 unspecified atom stereocenters. The highest BCUT2D eigenvalue weighted by molar-refractivity contribution is 9.10. The molecule has 0 saturated heterocycles. The van der Waals surface area contributed by atoms with E-state index in [0.717, 1.165) is 11.4 Å². The smallest absolute Gasteiger partial charge is 0.207 e. The number of nitrogens with one attached hydrogen (secondary N) is 1. The van der Waals surface area contributed by atoms with Gasteiger partial charge in [0.05, 0.1) is 10.2 Å². The molecule has 2 rings (SSSR count). The minimum absolute atomic E-state index is 0.281. The number of hydrogen-bond acceptors (Lipinski definition) is 2. The predicted molar refractivity (Wildman–Crippen MR) is 74.6 cm³/mol. The SMILES string of the molecule is C=CCNc1nc(C)cn1-c1ccc(F)c(Br)c1. The van der Waals surface area contributed by atoms with E-state index in [9.17, 15) is 4.39 Å². The molecule has 0 amide bonds. The molecule has 1 aromatic heterocycles. The first kappa shape index (κ1) is 12.8. The van der Waals surface area contributed by atoms with Gasteiger partial charge in [-0.1, -0.05) is 6.08 Å². The fourth-order valence-corrected chi connectivity index (χ4v) is 1.98. The van der Waals surface area contributed by atoms with Crippen molar-refractivity contribution < 1.29 is 4.39 Å². The summed E-state index contributed by atoms with van der Waals surface area (Å²) in [6.45, 7) is 6.19. The first-order valence-corrected chi connectivity index (χ1v) is 6.27. The Morgan fingerprint density at radius 2 is 2.33 bits per heavy atom. The number of hydrogen-bond donors (Lipinski definition) is 1. The molecule has 5 heteroatoms. The number of halogens is 2. The summed E-state index contributed by atoms with van der Waals surface area (Å²) in [7, 11) is 0. The third kappa shape index (κ3) is 2.61. The van der Waals surface area contributed by atoms with Crippen molar-refractivity contribution in [1.82, 2.24) is 9.55 Å². The van der Waals surface area contributed by atoms with Gasteiger partial charge in [-0.2, -0.15) is 0 Å². The van der Waals surface area contributed by atoms with E-state index >= 15 is 0 Å².